The summed E-state index contributed by atoms with van der Waals surface area (Å²) in [6.07, 6.45) is 2.00. The van der Waals surface area contributed by atoms with E-state index in [9.17, 15) is 4.79 Å². The fraction of sp³-hybridized carbons (Fsp3) is 0.350. The Balaban J connectivity index is 1.37. The van der Waals surface area contributed by atoms with Crippen molar-refractivity contribution >= 4 is 29.4 Å². The summed E-state index contributed by atoms with van der Waals surface area (Å²) in [4.78, 5) is 12.4. The Morgan fingerprint density at radius 3 is 2.60 bits per heavy atom. The highest BCUT2D eigenvalue weighted by Gasteiger charge is 2.24. The quantitative estimate of drug-likeness (QED) is 0.848. The van der Waals surface area contributed by atoms with E-state index in [4.69, 9.17) is 4.74 Å². The molecule has 0 saturated carbocycles. The van der Waals surface area contributed by atoms with E-state index < -0.39 is 0 Å². The molecular formula is C20H21NO2S2. The molecule has 1 aliphatic heterocycles. The van der Waals surface area contributed by atoms with Crippen LogP contribution in [0.5, 0.6) is 5.75 Å². The summed E-state index contributed by atoms with van der Waals surface area (Å²) in [5.74, 6) is 3.12. The first-order valence-electron chi connectivity index (χ1n) is 8.63. The van der Waals surface area contributed by atoms with Crippen LogP contribution < -0.4 is 10.1 Å². The predicted molar refractivity (Wildman–Crippen MR) is 105 cm³/mol. The minimum Gasteiger partial charge on any atom is -0.483 e. The van der Waals surface area contributed by atoms with Crippen molar-refractivity contribution in [3.63, 3.8) is 0 Å². The van der Waals surface area contributed by atoms with Gasteiger partial charge in [0.2, 0.25) is 0 Å². The minimum absolute atomic E-state index is 0.0526. The standard InChI is InChI=1S/C20H21NO2S2/c22-19(21-17-10-9-14-5-1-2-6-15(14)17)13-23-18-8-4-3-7-16(18)20-24-11-12-25-20/h1-8,17,20H,9-13H2,(H,21,22)/t17-/m1/s1. The van der Waals surface area contributed by atoms with Crippen LogP contribution in [0.4, 0.5) is 0 Å². The molecule has 1 saturated heterocycles. The number of hydrogen-bond acceptors (Lipinski definition) is 4. The average molecular weight is 372 g/mol. The number of fused-ring (bicyclic) bond motifs is 1. The van der Waals surface area contributed by atoms with Gasteiger partial charge in [-0.15, -0.1) is 23.5 Å². The summed E-state index contributed by atoms with van der Waals surface area (Å²) in [5, 5.41) is 3.12. The van der Waals surface area contributed by atoms with E-state index in [0.717, 1.165) is 18.6 Å². The van der Waals surface area contributed by atoms with Crippen LogP contribution in [0.15, 0.2) is 48.5 Å². The first kappa shape index (κ1) is 16.9. The first-order valence-corrected chi connectivity index (χ1v) is 10.7. The Morgan fingerprint density at radius 2 is 1.76 bits per heavy atom. The summed E-state index contributed by atoms with van der Waals surface area (Å²) in [7, 11) is 0. The van der Waals surface area contributed by atoms with Crippen LogP contribution in [0.1, 0.15) is 33.7 Å². The van der Waals surface area contributed by atoms with Crippen molar-refractivity contribution in [3.05, 3.63) is 65.2 Å². The largest absolute Gasteiger partial charge is 0.483 e. The number of nitrogens with one attached hydrogen (secondary N) is 1. The number of carbonyl (C=O) groups excluding carboxylic acids is 1. The maximum Gasteiger partial charge on any atom is 0.258 e. The molecule has 1 atom stereocenters. The number of thioether (sulfide) groups is 2. The van der Waals surface area contributed by atoms with Gasteiger partial charge in [0.15, 0.2) is 6.61 Å². The molecule has 1 N–H and O–H groups in total. The Labute approximate surface area is 156 Å². The van der Waals surface area contributed by atoms with Crippen molar-refractivity contribution in [1.82, 2.24) is 5.32 Å². The molecular weight excluding hydrogens is 350 g/mol. The molecule has 0 radical (unpaired) electrons. The van der Waals surface area contributed by atoms with Crippen LogP contribution >= 0.6 is 23.5 Å². The summed E-state index contributed by atoms with van der Waals surface area (Å²) in [5.41, 5.74) is 3.78. The monoisotopic (exact) mass is 371 g/mol. The Hall–Kier alpha value is -1.59. The number of hydrogen-bond donors (Lipinski definition) is 1. The van der Waals surface area contributed by atoms with Crippen LogP contribution in [0, 0.1) is 0 Å². The van der Waals surface area contributed by atoms with Crippen molar-refractivity contribution in [1.29, 1.82) is 0 Å². The first-order chi connectivity index (χ1) is 12.3. The van der Waals surface area contributed by atoms with Gasteiger partial charge in [0.25, 0.3) is 5.91 Å². The molecule has 2 aromatic rings. The van der Waals surface area contributed by atoms with Gasteiger partial charge in [-0.2, -0.15) is 0 Å². The van der Waals surface area contributed by atoms with Crippen molar-refractivity contribution in [3.8, 4) is 5.75 Å². The van der Waals surface area contributed by atoms with Crippen LogP contribution in [0.3, 0.4) is 0 Å². The molecule has 0 aromatic heterocycles. The van der Waals surface area contributed by atoms with E-state index in [0.29, 0.717) is 4.58 Å². The third-order valence-corrected chi connectivity index (χ3v) is 7.69. The highest BCUT2D eigenvalue weighted by atomic mass is 32.2. The van der Waals surface area contributed by atoms with Crippen LogP contribution in [0.25, 0.3) is 0 Å². The maximum atomic E-state index is 12.4. The third kappa shape index (κ3) is 3.82. The van der Waals surface area contributed by atoms with Gasteiger partial charge in [-0.05, 0) is 30.0 Å². The van der Waals surface area contributed by atoms with Gasteiger partial charge < -0.3 is 10.1 Å². The molecule has 4 rings (SSSR count). The molecule has 5 heteroatoms. The van der Waals surface area contributed by atoms with E-state index in [2.05, 4.69) is 29.6 Å². The summed E-state index contributed by atoms with van der Waals surface area (Å²) in [6, 6.07) is 16.5. The zero-order valence-corrected chi connectivity index (χ0v) is 15.6. The SMILES string of the molecule is O=C(COc1ccccc1C1SCCS1)N[C@@H]1CCc2ccccc21. The van der Waals surface area contributed by atoms with E-state index >= 15 is 0 Å². The second kappa shape index (κ2) is 7.75. The summed E-state index contributed by atoms with van der Waals surface area (Å²) in [6.45, 7) is 0.0672. The molecule has 0 unspecified atom stereocenters. The zero-order valence-electron chi connectivity index (χ0n) is 13.9. The van der Waals surface area contributed by atoms with Crippen molar-refractivity contribution in [2.24, 2.45) is 0 Å². The molecule has 25 heavy (non-hydrogen) atoms. The Morgan fingerprint density at radius 1 is 1.04 bits per heavy atom. The van der Waals surface area contributed by atoms with Crippen molar-refractivity contribution in [2.45, 2.75) is 23.5 Å². The Bertz CT molecular complexity index is 759. The molecule has 2 aromatic carbocycles. The molecule has 3 nitrogen and oxygen atoms in total. The summed E-state index contributed by atoms with van der Waals surface area (Å²) >= 11 is 3.89. The topological polar surface area (TPSA) is 38.3 Å². The number of benzene rings is 2. The highest BCUT2D eigenvalue weighted by Crippen LogP contribution is 2.48. The lowest BCUT2D eigenvalue weighted by molar-refractivity contribution is -0.123. The fourth-order valence-corrected chi connectivity index (χ4v) is 6.34. The normalized spacial score (nSPS) is 19.6. The van der Waals surface area contributed by atoms with E-state index in [1.54, 1.807) is 0 Å². The number of carbonyl (C=O) groups is 1. The second-order valence-corrected chi connectivity index (χ2v) is 8.98. The van der Waals surface area contributed by atoms with E-state index in [-0.39, 0.29) is 18.6 Å². The number of aryl methyl sites for hydroxylation is 1. The average Bonchev–Trinajstić information content (AvgIpc) is 3.31. The molecule has 0 spiro atoms. The molecule has 1 fully saturated rings. The molecule has 1 amide bonds. The van der Waals surface area contributed by atoms with Crippen molar-refractivity contribution < 1.29 is 9.53 Å². The van der Waals surface area contributed by atoms with E-state index in [1.807, 2.05) is 47.8 Å². The minimum atomic E-state index is -0.0526. The number of amides is 1. The van der Waals surface area contributed by atoms with Crippen LogP contribution in [-0.2, 0) is 11.2 Å². The number of rotatable bonds is 5. The number of para-hydroxylation sites is 1. The van der Waals surface area contributed by atoms with Crippen LogP contribution in [0.2, 0.25) is 0 Å². The fourth-order valence-electron chi connectivity index (χ4n) is 3.43. The van der Waals surface area contributed by atoms with Gasteiger partial charge in [-0.25, -0.2) is 0 Å². The zero-order chi connectivity index (χ0) is 17.1. The van der Waals surface area contributed by atoms with E-state index in [1.165, 1.54) is 28.2 Å². The molecule has 1 aliphatic carbocycles. The van der Waals surface area contributed by atoms with Gasteiger partial charge >= 0.3 is 0 Å². The van der Waals surface area contributed by atoms with Gasteiger partial charge in [0, 0.05) is 17.1 Å². The lowest BCUT2D eigenvalue weighted by atomic mass is 10.1. The smallest absolute Gasteiger partial charge is 0.258 e. The molecule has 1 heterocycles. The van der Waals surface area contributed by atoms with Gasteiger partial charge in [-0.1, -0.05) is 42.5 Å². The van der Waals surface area contributed by atoms with Gasteiger partial charge in [0.1, 0.15) is 5.75 Å². The summed E-state index contributed by atoms with van der Waals surface area (Å²) < 4.78 is 6.29. The highest BCUT2D eigenvalue weighted by molar-refractivity contribution is 8.19. The molecule has 0 bridgehead atoms. The lowest BCUT2D eigenvalue weighted by Gasteiger charge is -2.17. The Kier molecular flexibility index (Phi) is 5.22. The third-order valence-electron chi connectivity index (χ3n) is 4.62. The lowest BCUT2D eigenvalue weighted by Crippen LogP contribution is -2.31. The van der Waals surface area contributed by atoms with Gasteiger partial charge in [0.05, 0.1) is 10.6 Å². The second-order valence-electron chi connectivity index (χ2n) is 6.26. The maximum absolute atomic E-state index is 12.4. The van der Waals surface area contributed by atoms with Crippen LogP contribution in [-0.4, -0.2) is 24.0 Å². The van der Waals surface area contributed by atoms with Crippen molar-refractivity contribution in [2.75, 3.05) is 18.1 Å². The molecule has 2 aliphatic rings. The van der Waals surface area contributed by atoms with Gasteiger partial charge in [-0.3, -0.25) is 4.79 Å². The number of ether oxygens (including phenoxy) is 1. The molecule has 130 valence electrons. The predicted octanol–water partition coefficient (Wildman–Crippen LogP) is 4.35.